The number of rotatable bonds is 11. The van der Waals surface area contributed by atoms with Gasteiger partial charge in [-0.1, -0.05) is 6.92 Å². The van der Waals surface area contributed by atoms with Crippen molar-refractivity contribution < 1.29 is 42.4 Å². The van der Waals surface area contributed by atoms with Crippen molar-refractivity contribution in [1.82, 2.24) is 5.32 Å². The minimum absolute atomic E-state index is 0.111. The van der Waals surface area contributed by atoms with Crippen LogP contribution in [0.15, 0.2) is 11.8 Å². The normalized spacial score (nSPS) is 13.9. The molecule has 2 N–H and O–H groups in total. The van der Waals surface area contributed by atoms with Gasteiger partial charge in [0.15, 0.2) is 12.6 Å². The van der Waals surface area contributed by atoms with Crippen LogP contribution in [-0.2, 0) is 23.7 Å². The number of alkyl carbamates (subject to hydrolysis) is 1. The van der Waals surface area contributed by atoms with Gasteiger partial charge in [0.1, 0.15) is 5.60 Å². The van der Waals surface area contributed by atoms with Crippen molar-refractivity contribution in [3.05, 3.63) is 11.8 Å². The van der Waals surface area contributed by atoms with Crippen LogP contribution >= 0.6 is 0 Å². The number of carbonyl (C=O) groups excluding carboxylic acids is 1. The summed E-state index contributed by atoms with van der Waals surface area (Å²) in [6, 6.07) is -2.57. The van der Waals surface area contributed by atoms with Crippen molar-refractivity contribution >= 4 is 12.1 Å². The Balaban J connectivity index is 5.18. The standard InChI is InChI=1S/C16H27F2NO7/c1-6-7-11(25-10-24-9-8-23-5)16(17,18)12(13(20)21)19-14(22)26-15(2,3)4/h7,12H,6,8-10H2,1-5H3,(H,19,22)(H,20,21)/b11-7-. The molecule has 8 nitrogen and oxygen atoms in total. The maximum absolute atomic E-state index is 14.6. The highest BCUT2D eigenvalue weighted by Crippen LogP contribution is 2.30. The van der Waals surface area contributed by atoms with E-state index in [9.17, 15) is 18.4 Å². The van der Waals surface area contributed by atoms with Crippen LogP contribution in [-0.4, -0.2) is 61.9 Å². The second-order valence-corrected chi connectivity index (χ2v) is 6.18. The number of amides is 1. The lowest BCUT2D eigenvalue weighted by atomic mass is 10.1. The van der Waals surface area contributed by atoms with Crippen molar-refractivity contribution in [2.45, 2.75) is 51.7 Å². The van der Waals surface area contributed by atoms with Crippen molar-refractivity contribution in [1.29, 1.82) is 0 Å². The summed E-state index contributed by atoms with van der Waals surface area (Å²) in [5.41, 5.74) is -0.976. The summed E-state index contributed by atoms with van der Waals surface area (Å²) in [7, 11) is 1.45. The van der Waals surface area contributed by atoms with Crippen LogP contribution in [0.2, 0.25) is 0 Å². The third kappa shape index (κ3) is 8.95. The van der Waals surface area contributed by atoms with Crippen LogP contribution in [0.4, 0.5) is 13.6 Å². The van der Waals surface area contributed by atoms with Crippen LogP contribution in [0.25, 0.3) is 0 Å². The van der Waals surface area contributed by atoms with Gasteiger partial charge in [-0.3, -0.25) is 0 Å². The van der Waals surface area contributed by atoms with E-state index in [1.807, 2.05) is 0 Å². The maximum Gasteiger partial charge on any atom is 0.408 e. The van der Waals surface area contributed by atoms with Gasteiger partial charge < -0.3 is 29.4 Å². The highest BCUT2D eigenvalue weighted by molar-refractivity contribution is 5.81. The molecule has 10 heteroatoms. The Morgan fingerprint density at radius 2 is 1.85 bits per heavy atom. The molecule has 1 amide bonds. The summed E-state index contributed by atoms with van der Waals surface area (Å²) in [6.45, 7) is 5.95. The predicted octanol–water partition coefficient (Wildman–Crippen LogP) is 2.53. The molecule has 0 aromatic heterocycles. The lowest BCUT2D eigenvalue weighted by molar-refractivity contribution is -0.154. The Morgan fingerprint density at radius 3 is 2.31 bits per heavy atom. The van der Waals surface area contributed by atoms with Gasteiger partial charge in [-0.25, -0.2) is 9.59 Å². The van der Waals surface area contributed by atoms with Crippen LogP contribution in [0.5, 0.6) is 0 Å². The second-order valence-electron chi connectivity index (χ2n) is 6.18. The fourth-order valence-electron chi connectivity index (χ4n) is 1.66. The minimum Gasteiger partial charge on any atom is -0.480 e. The van der Waals surface area contributed by atoms with Gasteiger partial charge in [0.25, 0.3) is 0 Å². The number of allylic oxidation sites excluding steroid dienone is 1. The first kappa shape index (κ1) is 24.1. The molecule has 0 spiro atoms. The van der Waals surface area contributed by atoms with Gasteiger partial charge in [-0.2, -0.15) is 8.78 Å². The molecule has 0 bridgehead atoms. The second kappa shape index (κ2) is 10.9. The molecule has 0 heterocycles. The van der Waals surface area contributed by atoms with Gasteiger partial charge >= 0.3 is 18.0 Å². The molecule has 0 rings (SSSR count). The van der Waals surface area contributed by atoms with Gasteiger partial charge in [-0.05, 0) is 33.3 Å². The number of alkyl halides is 2. The van der Waals surface area contributed by atoms with E-state index < -0.39 is 42.2 Å². The first-order valence-electron chi connectivity index (χ1n) is 7.96. The average Bonchev–Trinajstić information content (AvgIpc) is 2.49. The Bertz CT molecular complexity index is 489. The maximum atomic E-state index is 14.6. The van der Waals surface area contributed by atoms with E-state index >= 15 is 0 Å². The highest BCUT2D eigenvalue weighted by atomic mass is 19.3. The van der Waals surface area contributed by atoms with E-state index in [4.69, 9.17) is 24.1 Å². The largest absolute Gasteiger partial charge is 0.480 e. The highest BCUT2D eigenvalue weighted by Gasteiger charge is 2.51. The number of hydrogen-bond donors (Lipinski definition) is 2. The van der Waals surface area contributed by atoms with E-state index in [-0.39, 0.29) is 19.6 Å². The number of carboxylic acids is 1. The zero-order chi connectivity index (χ0) is 20.4. The molecule has 0 fully saturated rings. The average molecular weight is 383 g/mol. The fraction of sp³-hybridized carbons (Fsp3) is 0.750. The Hall–Kier alpha value is -1.94. The van der Waals surface area contributed by atoms with Crippen LogP contribution in [0, 0.1) is 0 Å². The van der Waals surface area contributed by atoms with E-state index in [0.29, 0.717) is 0 Å². The molecular formula is C16H27F2NO7. The number of nitrogens with one attached hydrogen (secondary N) is 1. The van der Waals surface area contributed by atoms with Gasteiger partial charge in [0, 0.05) is 7.11 Å². The summed E-state index contributed by atoms with van der Waals surface area (Å²) in [4.78, 5) is 23.0. The summed E-state index contributed by atoms with van der Waals surface area (Å²) >= 11 is 0. The van der Waals surface area contributed by atoms with Crippen LogP contribution < -0.4 is 5.32 Å². The Kier molecular flexibility index (Phi) is 10.1. The number of aliphatic carboxylic acids is 1. The molecule has 0 radical (unpaired) electrons. The molecule has 26 heavy (non-hydrogen) atoms. The zero-order valence-corrected chi connectivity index (χ0v) is 15.6. The molecule has 0 saturated heterocycles. The third-order valence-corrected chi connectivity index (χ3v) is 2.72. The van der Waals surface area contributed by atoms with Gasteiger partial charge in [0.05, 0.1) is 13.2 Å². The SMILES string of the molecule is CC/C=C(\OCOCCOC)C(F)(F)C(NC(=O)OC(C)(C)C)C(=O)O. The molecule has 0 aromatic carbocycles. The summed E-state index contributed by atoms with van der Waals surface area (Å²) in [6.07, 6.45) is -0.106. The van der Waals surface area contributed by atoms with Gasteiger partial charge in [-0.15, -0.1) is 0 Å². The fourth-order valence-corrected chi connectivity index (χ4v) is 1.66. The summed E-state index contributed by atoms with van der Waals surface area (Å²) < 4.78 is 48.7. The third-order valence-electron chi connectivity index (χ3n) is 2.72. The first-order valence-corrected chi connectivity index (χ1v) is 7.96. The van der Waals surface area contributed by atoms with E-state index in [1.54, 1.807) is 12.2 Å². The van der Waals surface area contributed by atoms with Crippen molar-refractivity contribution in [2.75, 3.05) is 27.1 Å². The quantitative estimate of drug-likeness (QED) is 0.321. The lowest BCUT2D eigenvalue weighted by Crippen LogP contribution is -2.54. The Morgan fingerprint density at radius 1 is 1.23 bits per heavy atom. The molecular weight excluding hydrogens is 356 g/mol. The monoisotopic (exact) mass is 383 g/mol. The smallest absolute Gasteiger partial charge is 0.408 e. The number of hydrogen-bond acceptors (Lipinski definition) is 6. The van der Waals surface area contributed by atoms with E-state index in [1.165, 1.54) is 27.9 Å². The molecule has 1 unspecified atom stereocenters. The van der Waals surface area contributed by atoms with Crippen molar-refractivity contribution in [3.8, 4) is 0 Å². The number of methoxy groups -OCH3 is 1. The molecule has 0 aromatic rings. The van der Waals surface area contributed by atoms with Gasteiger partial charge in [0.2, 0.25) is 6.04 Å². The van der Waals surface area contributed by atoms with Crippen molar-refractivity contribution in [2.24, 2.45) is 0 Å². The zero-order valence-electron chi connectivity index (χ0n) is 15.6. The molecule has 0 aliphatic carbocycles. The van der Waals surface area contributed by atoms with Crippen LogP contribution in [0.1, 0.15) is 34.1 Å². The predicted molar refractivity (Wildman–Crippen MR) is 87.9 cm³/mol. The van der Waals surface area contributed by atoms with E-state index in [0.717, 1.165) is 6.08 Å². The molecule has 0 aliphatic heterocycles. The molecule has 152 valence electrons. The molecule has 1 atom stereocenters. The first-order chi connectivity index (χ1) is 12.0. The lowest BCUT2D eigenvalue weighted by Gasteiger charge is -2.28. The summed E-state index contributed by atoms with van der Waals surface area (Å²) in [5.74, 6) is -6.88. The minimum atomic E-state index is -4.02. The Labute approximate surface area is 151 Å². The number of carbonyl (C=O) groups is 2. The number of ether oxygens (including phenoxy) is 4. The molecule has 0 saturated carbocycles. The number of carboxylic acid groups (broad SMARTS) is 1. The topological polar surface area (TPSA) is 103 Å². The summed E-state index contributed by atoms with van der Waals surface area (Å²) in [5, 5.41) is 10.8. The van der Waals surface area contributed by atoms with Crippen LogP contribution in [0.3, 0.4) is 0 Å². The van der Waals surface area contributed by atoms with E-state index in [2.05, 4.69) is 0 Å². The number of halogens is 2. The van der Waals surface area contributed by atoms with Crippen molar-refractivity contribution in [3.63, 3.8) is 0 Å². The molecule has 0 aliphatic rings.